The van der Waals surface area contributed by atoms with E-state index in [-0.39, 0.29) is 27.7 Å². The van der Waals surface area contributed by atoms with E-state index in [1.54, 1.807) is 20.0 Å². The van der Waals surface area contributed by atoms with E-state index >= 15 is 0 Å². The predicted molar refractivity (Wildman–Crippen MR) is 130 cm³/mol. The zero-order valence-electron chi connectivity index (χ0n) is 18.6. The van der Waals surface area contributed by atoms with E-state index in [0.29, 0.717) is 29.5 Å². The molecule has 0 radical (unpaired) electrons. The zero-order chi connectivity index (χ0) is 23.3. The molecule has 2 aliphatic carbocycles. The number of aromatic nitrogens is 2. The first kappa shape index (κ1) is 22.0. The number of hydrogen-bond donors (Lipinski definition) is 1. The van der Waals surface area contributed by atoms with Crippen LogP contribution in [0.3, 0.4) is 0 Å². The van der Waals surface area contributed by atoms with Crippen molar-refractivity contribution >= 4 is 38.0 Å². The van der Waals surface area contributed by atoms with Crippen LogP contribution in [0.5, 0.6) is 0 Å². The van der Waals surface area contributed by atoms with Crippen molar-refractivity contribution in [2.75, 3.05) is 23.4 Å². The number of nitrogens with two attached hydrogens (primary N) is 1. The lowest BCUT2D eigenvalue weighted by Gasteiger charge is -2.18. The number of pyridine rings is 1. The molecular weight excluding hydrogens is 456 g/mol. The molecule has 3 aromatic rings. The summed E-state index contributed by atoms with van der Waals surface area (Å²) in [5, 5.41) is 0.437. The minimum Gasteiger partial charge on any atom is -0.384 e. The number of amides is 1. The summed E-state index contributed by atoms with van der Waals surface area (Å²) in [6.45, 7) is 1.70. The molecule has 9 heteroatoms. The van der Waals surface area contributed by atoms with Crippen LogP contribution in [0.15, 0.2) is 40.6 Å². The number of carbonyl (C=O) groups is 1. The molecule has 2 heterocycles. The standard InChI is InChI=1S/C24H26N4O3S2/c1-14-23(33(30,31)13-15-6-7-15)32-24(26-14)28(2)22(29)19-10-16-8-9-17(11-18(16)12-19)20-4-3-5-21(25)27-20/h3-5,8-9,11,15,19H,6-7,10,12-13H2,1-2H3,(H2,25,27)/t19-/m0/s1. The number of rotatable bonds is 6. The smallest absolute Gasteiger partial charge is 0.232 e. The topological polar surface area (TPSA) is 106 Å². The van der Waals surface area contributed by atoms with Crippen molar-refractivity contribution in [2.45, 2.75) is 36.8 Å². The molecule has 1 saturated carbocycles. The monoisotopic (exact) mass is 482 g/mol. The van der Waals surface area contributed by atoms with E-state index in [4.69, 9.17) is 5.73 Å². The molecule has 1 atom stereocenters. The van der Waals surface area contributed by atoms with Gasteiger partial charge in [0, 0.05) is 18.5 Å². The normalized spacial score (nSPS) is 17.7. The summed E-state index contributed by atoms with van der Waals surface area (Å²) < 4.78 is 25.8. The van der Waals surface area contributed by atoms with E-state index in [0.717, 1.165) is 46.6 Å². The molecule has 2 N–H and O–H groups in total. The number of aryl methyl sites for hydroxylation is 1. The lowest BCUT2D eigenvalue weighted by atomic mass is 10.0. The molecule has 33 heavy (non-hydrogen) atoms. The highest BCUT2D eigenvalue weighted by Gasteiger charge is 2.34. The fourth-order valence-electron chi connectivity index (χ4n) is 4.40. The van der Waals surface area contributed by atoms with Crippen molar-refractivity contribution in [3.63, 3.8) is 0 Å². The first-order chi connectivity index (χ1) is 15.7. The van der Waals surface area contributed by atoms with Gasteiger partial charge in [0.1, 0.15) is 10.0 Å². The lowest BCUT2D eigenvalue weighted by Crippen LogP contribution is -2.33. The van der Waals surface area contributed by atoms with Gasteiger partial charge in [-0.2, -0.15) is 0 Å². The number of fused-ring (bicyclic) bond motifs is 1. The summed E-state index contributed by atoms with van der Waals surface area (Å²) in [5.74, 6) is 0.665. The molecule has 2 aromatic heterocycles. The summed E-state index contributed by atoms with van der Waals surface area (Å²) in [7, 11) is -1.68. The Morgan fingerprint density at radius 1 is 1.15 bits per heavy atom. The molecular formula is C24H26N4O3S2. The number of thiazole rings is 1. The minimum absolute atomic E-state index is 0.0466. The van der Waals surface area contributed by atoms with Crippen LogP contribution in [-0.4, -0.2) is 37.1 Å². The van der Waals surface area contributed by atoms with Gasteiger partial charge in [0.05, 0.1) is 17.1 Å². The summed E-state index contributed by atoms with van der Waals surface area (Å²) >= 11 is 1.10. The van der Waals surface area contributed by atoms with E-state index in [9.17, 15) is 13.2 Å². The first-order valence-corrected chi connectivity index (χ1v) is 13.5. The Bertz CT molecular complexity index is 1350. The summed E-state index contributed by atoms with van der Waals surface area (Å²) in [6, 6.07) is 11.7. The van der Waals surface area contributed by atoms with Gasteiger partial charge in [-0.05, 0) is 67.9 Å². The van der Waals surface area contributed by atoms with E-state index in [1.807, 2.05) is 18.2 Å². The minimum atomic E-state index is -3.36. The predicted octanol–water partition coefficient (Wildman–Crippen LogP) is 3.66. The third-order valence-electron chi connectivity index (χ3n) is 6.35. The Hall–Kier alpha value is -2.78. The maximum atomic E-state index is 13.3. The van der Waals surface area contributed by atoms with Gasteiger partial charge in [-0.3, -0.25) is 9.69 Å². The molecule has 1 aromatic carbocycles. The number of benzene rings is 1. The average Bonchev–Trinajstić information content (AvgIpc) is 3.32. The molecule has 5 rings (SSSR count). The highest BCUT2D eigenvalue weighted by atomic mass is 32.2. The maximum absolute atomic E-state index is 13.3. The fourth-order valence-corrected chi connectivity index (χ4v) is 7.71. The second-order valence-electron chi connectivity index (χ2n) is 9.03. The Morgan fingerprint density at radius 2 is 1.91 bits per heavy atom. The van der Waals surface area contributed by atoms with Crippen molar-refractivity contribution in [3.05, 3.63) is 53.2 Å². The highest BCUT2D eigenvalue weighted by molar-refractivity contribution is 7.93. The van der Waals surface area contributed by atoms with Crippen LogP contribution >= 0.6 is 11.3 Å². The third kappa shape index (κ3) is 4.39. The van der Waals surface area contributed by atoms with Gasteiger partial charge >= 0.3 is 0 Å². The van der Waals surface area contributed by atoms with Gasteiger partial charge in [-0.15, -0.1) is 0 Å². The van der Waals surface area contributed by atoms with E-state index < -0.39 is 9.84 Å². The second-order valence-corrected chi connectivity index (χ2v) is 12.2. The first-order valence-electron chi connectivity index (χ1n) is 11.0. The van der Waals surface area contributed by atoms with Crippen molar-refractivity contribution in [2.24, 2.45) is 11.8 Å². The molecule has 2 aliphatic rings. The third-order valence-corrected chi connectivity index (χ3v) is 10.2. The van der Waals surface area contributed by atoms with Gasteiger partial charge in [0.15, 0.2) is 15.0 Å². The number of nitrogens with zero attached hydrogens (tertiary/aromatic N) is 3. The molecule has 172 valence electrons. The van der Waals surface area contributed by atoms with Crippen LogP contribution in [0.1, 0.15) is 29.7 Å². The molecule has 1 fully saturated rings. The van der Waals surface area contributed by atoms with Gasteiger partial charge in [-0.1, -0.05) is 29.5 Å². The average molecular weight is 483 g/mol. The van der Waals surface area contributed by atoms with Crippen molar-refractivity contribution in [1.82, 2.24) is 9.97 Å². The number of hydrogen-bond acceptors (Lipinski definition) is 7. The summed E-state index contributed by atoms with van der Waals surface area (Å²) in [6.07, 6.45) is 3.23. The van der Waals surface area contributed by atoms with Crippen molar-refractivity contribution in [3.8, 4) is 11.3 Å². The van der Waals surface area contributed by atoms with E-state index in [2.05, 4.69) is 22.1 Å². The lowest BCUT2D eigenvalue weighted by molar-refractivity contribution is -0.121. The fraction of sp³-hybridized carbons (Fsp3) is 0.375. The molecule has 1 amide bonds. The van der Waals surface area contributed by atoms with Crippen LogP contribution in [-0.2, 0) is 27.5 Å². The van der Waals surface area contributed by atoms with Gasteiger partial charge in [0.2, 0.25) is 5.91 Å². The van der Waals surface area contributed by atoms with Crippen LogP contribution < -0.4 is 10.6 Å². The number of nitrogen functional groups attached to an aromatic ring is 1. The number of carbonyl (C=O) groups excluding carboxylic acids is 1. The van der Waals surface area contributed by atoms with Crippen molar-refractivity contribution in [1.29, 1.82) is 0 Å². The van der Waals surface area contributed by atoms with Gasteiger partial charge < -0.3 is 5.73 Å². The molecule has 0 spiro atoms. The van der Waals surface area contributed by atoms with Gasteiger partial charge in [-0.25, -0.2) is 18.4 Å². The molecule has 0 saturated heterocycles. The molecule has 7 nitrogen and oxygen atoms in total. The second kappa shape index (κ2) is 8.22. The van der Waals surface area contributed by atoms with Crippen LogP contribution in [0.4, 0.5) is 10.9 Å². The Kier molecular flexibility index (Phi) is 5.49. The quantitative estimate of drug-likeness (QED) is 0.575. The summed E-state index contributed by atoms with van der Waals surface area (Å²) in [4.78, 5) is 23.6. The number of anilines is 2. The molecule has 0 unspecified atom stereocenters. The summed E-state index contributed by atoms with van der Waals surface area (Å²) in [5.41, 5.74) is 10.4. The van der Waals surface area contributed by atoms with E-state index in [1.165, 1.54) is 4.90 Å². The molecule has 0 bridgehead atoms. The maximum Gasteiger partial charge on any atom is 0.232 e. The van der Waals surface area contributed by atoms with Crippen LogP contribution in [0, 0.1) is 18.8 Å². The Labute approximate surface area is 197 Å². The Balaban J connectivity index is 1.33. The van der Waals surface area contributed by atoms with Crippen molar-refractivity contribution < 1.29 is 13.2 Å². The number of sulfone groups is 1. The Morgan fingerprint density at radius 3 is 2.64 bits per heavy atom. The van der Waals surface area contributed by atoms with Gasteiger partial charge in [0.25, 0.3) is 0 Å². The largest absolute Gasteiger partial charge is 0.384 e. The van der Waals surface area contributed by atoms with Crippen LogP contribution in [0.25, 0.3) is 11.3 Å². The van der Waals surface area contributed by atoms with Crippen LogP contribution in [0.2, 0.25) is 0 Å². The molecule has 0 aliphatic heterocycles. The SMILES string of the molecule is Cc1nc(N(C)C(=O)[C@H]2Cc3ccc(-c4cccc(N)n4)cc3C2)sc1S(=O)(=O)CC1CC1. The highest BCUT2D eigenvalue weighted by Crippen LogP contribution is 2.37. The zero-order valence-corrected chi connectivity index (χ0v) is 20.2.